The number of quaternary nitrogens is 1. The molecule has 1 saturated carbocycles. The van der Waals surface area contributed by atoms with E-state index in [9.17, 15) is 0 Å². The summed E-state index contributed by atoms with van der Waals surface area (Å²) >= 11 is 0. The van der Waals surface area contributed by atoms with Crippen LogP contribution in [0.25, 0.3) is 0 Å². The van der Waals surface area contributed by atoms with Crippen LogP contribution in [0.15, 0.2) is 30.4 Å². The van der Waals surface area contributed by atoms with E-state index in [1.54, 1.807) is 0 Å². The lowest BCUT2D eigenvalue weighted by Gasteiger charge is -2.39. The molecule has 1 fully saturated rings. The largest absolute Gasteiger partial charge is 0.486 e. The lowest BCUT2D eigenvalue weighted by molar-refractivity contribution is -0.741. The van der Waals surface area contributed by atoms with Gasteiger partial charge in [0.2, 0.25) is 0 Å². The van der Waals surface area contributed by atoms with E-state index in [-0.39, 0.29) is 0 Å². The van der Waals surface area contributed by atoms with Crippen LogP contribution in [0.3, 0.4) is 0 Å². The van der Waals surface area contributed by atoms with Crippen LogP contribution in [-0.2, 0) is 0 Å². The summed E-state index contributed by atoms with van der Waals surface area (Å²) in [4.78, 5) is 0. The maximum atomic E-state index is 5.68. The van der Waals surface area contributed by atoms with Gasteiger partial charge >= 0.3 is 0 Å². The molecule has 4 rings (SSSR count). The summed E-state index contributed by atoms with van der Waals surface area (Å²) in [5, 5.41) is 2.53. The van der Waals surface area contributed by atoms with Gasteiger partial charge in [0.25, 0.3) is 0 Å². The van der Waals surface area contributed by atoms with Gasteiger partial charge in [0.1, 0.15) is 19.3 Å². The molecule has 0 amide bonds. The van der Waals surface area contributed by atoms with Crippen LogP contribution in [0.4, 0.5) is 0 Å². The standard InChI is InChI=1S/C17H21NO2/c1-11(18-15-9-13-3-2-4-14(13)15)12-5-6-16-17(10-12)20-8-7-19-16/h2,4-6,10-11,13-15,18H,3,7-9H2,1H3/p+1/t11-,13-,14+,15+/m1/s1. The average molecular weight is 272 g/mol. The van der Waals surface area contributed by atoms with Gasteiger partial charge in [-0.25, -0.2) is 0 Å². The summed E-state index contributed by atoms with van der Waals surface area (Å²) in [5.41, 5.74) is 1.33. The van der Waals surface area contributed by atoms with E-state index >= 15 is 0 Å². The van der Waals surface area contributed by atoms with Crippen LogP contribution in [0.5, 0.6) is 11.5 Å². The van der Waals surface area contributed by atoms with E-state index in [2.05, 4.69) is 36.5 Å². The van der Waals surface area contributed by atoms with Gasteiger partial charge in [0.05, 0.1) is 6.04 Å². The highest BCUT2D eigenvalue weighted by molar-refractivity contribution is 5.44. The minimum atomic E-state index is 0.478. The molecule has 0 aromatic heterocycles. The fourth-order valence-corrected chi connectivity index (χ4v) is 3.81. The molecule has 20 heavy (non-hydrogen) atoms. The Balaban J connectivity index is 1.45. The Labute approximate surface area is 120 Å². The molecule has 2 N–H and O–H groups in total. The SMILES string of the molecule is C[C@@H]([NH2+][C@H]1C[C@H]2CC=C[C@@H]21)c1ccc2c(c1)OCCO2. The van der Waals surface area contributed by atoms with E-state index < -0.39 is 0 Å². The third-order valence-electron chi connectivity index (χ3n) is 5.04. The third-order valence-corrected chi connectivity index (χ3v) is 5.04. The second-order valence-electron chi connectivity index (χ2n) is 6.29. The van der Waals surface area contributed by atoms with E-state index in [1.807, 2.05) is 6.07 Å². The zero-order chi connectivity index (χ0) is 13.5. The predicted octanol–water partition coefficient (Wildman–Crippen LogP) is 2.05. The number of nitrogens with two attached hydrogens (primary N) is 1. The third kappa shape index (κ3) is 2.01. The Morgan fingerprint density at radius 3 is 2.90 bits per heavy atom. The highest BCUT2D eigenvalue weighted by Gasteiger charge is 2.44. The second-order valence-corrected chi connectivity index (χ2v) is 6.29. The number of allylic oxidation sites excluding steroid dienone is 1. The minimum absolute atomic E-state index is 0.478. The summed E-state index contributed by atoms with van der Waals surface area (Å²) in [6.07, 6.45) is 7.45. The number of rotatable bonds is 3. The first kappa shape index (κ1) is 12.3. The van der Waals surface area contributed by atoms with E-state index in [1.165, 1.54) is 18.4 Å². The topological polar surface area (TPSA) is 35.1 Å². The molecule has 3 heteroatoms. The van der Waals surface area contributed by atoms with Crippen LogP contribution in [0.1, 0.15) is 31.4 Å². The molecule has 1 aliphatic heterocycles. The van der Waals surface area contributed by atoms with Gasteiger partial charge in [0.15, 0.2) is 11.5 Å². The first-order valence-electron chi connectivity index (χ1n) is 7.72. The maximum Gasteiger partial charge on any atom is 0.161 e. The fraction of sp³-hybridized carbons (Fsp3) is 0.529. The van der Waals surface area contributed by atoms with E-state index in [4.69, 9.17) is 9.47 Å². The van der Waals surface area contributed by atoms with Gasteiger partial charge in [-0.3, -0.25) is 0 Å². The molecule has 0 bridgehead atoms. The number of ether oxygens (including phenoxy) is 2. The van der Waals surface area contributed by atoms with Gasteiger partial charge in [-0.15, -0.1) is 0 Å². The first-order chi connectivity index (χ1) is 9.81. The second kappa shape index (κ2) is 4.81. The predicted molar refractivity (Wildman–Crippen MR) is 76.9 cm³/mol. The van der Waals surface area contributed by atoms with Gasteiger partial charge in [0, 0.05) is 17.9 Å². The van der Waals surface area contributed by atoms with Crippen molar-refractivity contribution < 1.29 is 14.8 Å². The molecule has 106 valence electrons. The fourth-order valence-electron chi connectivity index (χ4n) is 3.81. The Hall–Kier alpha value is -1.48. The van der Waals surface area contributed by atoms with Gasteiger partial charge < -0.3 is 14.8 Å². The number of hydrogen-bond acceptors (Lipinski definition) is 2. The van der Waals surface area contributed by atoms with Crippen LogP contribution in [0, 0.1) is 11.8 Å². The normalized spacial score (nSPS) is 31.6. The first-order valence-corrected chi connectivity index (χ1v) is 7.72. The molecule has 2 aliphatic carbocycles. The Morgan fingerprint density at radius 2 is 2.05 bits per heavy atom. The summed E-state index contributed by atoms with van der Waals surface area (Å²) in [5.74, 6) is 3.54. The van der Waals surface area contributed by atoms with Crippen molar-refractivity contribution in [3.8, 4) is 11.5 Å². The van der Waals surface area contributed by atoms with Crippen LogP contribution < -0.4 is 14.8 Å². The minimum Gasteiger partial charge on any atom is -0.486 e. The van der Waals surface area contributed by atoms with Crippen molar-refractivity contribution in [1.29, 1.82) is 0 Å². The van der Waals surface area contributed by atoms with Crippen molar-refractivity contribution in [3.63, 3.8) is 0 Å². The molecule has 0 unspecified atom stereocenters. The molecule has 1 heterocycles. The van der Waals surface area contributed by atoms with Gasteiger partial charge in [-0.05, 0) is 37.5 Å². The summed E-state index contributed by atoms with van der Waals surface area (Å²) in [6.45, 7) is 3.61. The van der Waals surface area contributed by atoms with E-state index in [0.717, 1.165) is 29.4 Å². The number of benzene rings is 1. The molecule has 0 spiro atoms. The molecule has 3 aliphatic rings. The quantitative estimate of drug-likeness (QED) is 0.855. The molecule has 1 aromatic carbocycles. The molecule has 0 radical (unpaired) electrons. The smallest absolute Gasteiger partial charge is 0.161 e. The van der Waals surface area contributed by atoms with Gasteiger partial charge in [-0.2, -0.15) is 0 Å². The van der Waals surface area contributed by atoms with E-state index in [0.29, 0.717) is 19.3 Å². The van der Waals surface area contributed by atoms with Crippen LogP contribution >= 0.6 is 0 Å². The van der Waals surface area contributed by atoms with Crippen molar-refractivity contribution in [1.82, 2.24) is 0 Å². The van der Waals surface area contributed by atoms with Crippen LogP contribution in [-0.4, -0.2) is 19.3 Å². The Kier molecular flexibility index (Phi) is 2.95. The molecular formula is C17H22NO2+. The van der Waals surface area contributed by atoms with Gasteiger partial charge in [-0.1, -0.05) is 12.2 Å². The number of fused-ring (bicyclic) bond motifs is 2. The van der Waals surface area contributed by atoms with Crippen molar-refractivity contribution >= 4 is 0 Å². The number of hydrogen-bond donors (Lipinski definition) is 1. The highest BCUT2D eigenvalue weighted by Crippen LogP contribution is 2.41. The summed E-state index contributed by atoms with van der Waals surface area (Å²) < 4.78 is 11.3. The van der Waals surface area contributed by atoms with Crippen molar-refractivity contribution in [2.45, 2.75) is 31.8 Å². The zero-order valence-corrected chi connectivity index (χ0v) is 11.9. The van der Waals surface area contributed by atoms with Crippen LogP contribution in [0.2, 0.25) is 0 Å². The Bertz CT molecular complexity index is 540. The highest BCUT2D eigenvalue weighted by atomic mass is 16.6. The van der Waals surface area contributed by atoms with Crippen molar-refractivity contribution in [2.24, 2.45) is 11.8 Å². The lowest BCUT2D eigenvalue weighted by Crippen LogP contribution is -2.94. The molecule has 0 saturated heterocycles. The molecule has 4 atom stereocenters. The monoisotopic (exact) mass is 272 g/mol. The molecular weight excluding hydrogens is 250 g/mol. The maximum absolute atomic E-state index is 5.68. The summed E-state index contributed by atoms with van der Waals surface area (Å²) in [6, 6.07) is 7.62. The van der Waals surface area contributed by atoms with Crippen molar-refractivity contribution in [2.75, 3.05) is 13.2 Å². The molecule has 3 nitrogen and oxygen atoms in total. The Morgan fingerprint density at radius 1 is 1.20 bits per heavy atom. The summed E-state index contributed by atoms with van der Waals surface area (Å²) in [7, 11) is 0. The average Bonchev–Trinajstić information content (AvgIpc) is 2.85. The lowest BCUT2D eigenvalue weighted by atomic mass is 9.71. The molecule has 1 aromatic rings. The van der Waals surface area contributed by atoms with Crippen molar-refractivity contribution in [3.05, 3.63) is 35.9 Å². The zero-order valence-electron chi connectivity index (χ0n) is 11.9.